The lowest BCUT2D eigenvalue weighted by molar-refractivity contribution is -0.137. The van der Waals surface area contributed by atoms with Crippen LogP contribution in [-0.4, -0.2) is 34.2 Å². The summed E-state index contributed by atoms with van der Waals surface area (Å²) in [5, 5.41) is 11.9. The van der Waals surface area contributed by atoms with Crippen molar-refractivity contribution in [2.24, 2.45) is 0 Å². The molecular formula is C12H12FN3O3. The minimum absolute atomic E-state index is 0.0726. The van der Waals surface area contributed by atoms with Crippen molar-refractivity contribution in [2.45, 2.75) is 13.0 Å². The van der Waals surface area contributed by atoms with Crippen LogP contribution in [0.3, 0.4) is 0 Å². The largest absolute Gasteiger partial charge is 0.494 e. The molecule has 0 saturated carbocycles. The standard InChI is InChI=1S/C12H12FN3O3/c1-6(12(17)18)16-11-7-3-4-8(19-2)9(13)10(7)14-5-15-11/h3-6H,1-2H3,(H,17,18)(H,14,15,16)/t6-/m0/s1. The lowest BCUT2D eigenvalue weighted by atomic mass is 10.2. The minimum Gasteiger partial charge on any atom is -0.494 e. The van der Waals surface area contributed by atoms with Crippen LogP contribution in [-0.2, 0) is 4.79 Å². The van der Waals surface area contributed by atoms with Gasteiger partial charge in [-0.3, -0.25) is 4.79 Å². The summed E-state index contributed by atoms with van der Waals surface area (Å²) < 4.78 is 18.8. The normalized spacial score (nSPS) is 12.2. The summed E-state index contributed by atoms with van der Waals surface area (Å²) >= 11 is 0. The van der Waals surface area contributed by atoms with Gasteiger partial charge in [-0.2, -0.15) is 0 Å². The zero-order chi connectivity index (χ0) is 14.0. The average molecular weight is 265 g/mol. The second-order valence-electron chi connectivity index (χ2n) is 3.90. The Morgan fingerprint density at radius 1 is 1.47 bits per heavy atom. The minimum atomic E-state index is -1.03. The van der Waals surface area contributed by atoms with Gasteiger partial charge >= 0.3 is 5.97 Å². The lowest BCUT2D eigenvalue weighted by Crippen LogP contribution is -2.26. The number of anilines is 1. The van der Waals surface area contributed by atoms with E-state index in [1.807, 2.05) is 0 Å². The van der Waals surface area contributed by atoms with Gasteiger partial charge in [0.2, 0.25) is 0 Å². The molecule has 1 aromatic carbocycles. The predicted octanol–water partition coefficient (Wildman–Crippen LogP) is 1.66. The zero-order valence-corrected chi connectivity index (χ0v) is 10.3. The number of benzene rings is 1. The van der Waals surface area contributed by atoms with Gasteiger partial charge in [0.1, 0.15) is 23.7 Å². The summed E-state index contributed by atoms with van der Waals surface area (Å²) in [4.78, 5) is 18.6. The molecule has 0 radical (unpaired) electrons. The van der Waals surface area contributed by atoms with E-state index < -0.39 is 17.8 Å². The predicted molar refractivity (Wildman–Crippen MR) is 66.8 cm³/mol. The van der Waals surface area contributed by atoms with Gasteiger partial charge in [-0.1, -0.05) is 0 Å². The molecule has 0 spiro atoms. The van der Waals surface area contributed by atoms with E-state index in [9.17, 15) is 9.18 Å². The maximum absolute atomic E-state index is 14.0. The molecule has 100 valence electrons. The maximum atomic E-state index is 14.0. The van der Waals surface area contributed by atoms with E-state index in [4.69, 9.17) is 9.84 Å². The van der Waals surface area contributed by atoms with E-state index in [2.05, 4.69) is 15.3 Å². The molecule has 0 aliphatic carbocycles. The summed E-state index contributed by atoms with van der Waals surface area (Å²) in [5.41, 5.74) is 0.0782. The van der Waals surface area contributed by atoms with Gasteiger partial charge in [-0.25, -0.2) is 14.4 Å². The van der Waals surface area contributed by atoms with Gasteiger partial charge in [0.15, 0.2) is 11.6 Å². The van der Waals surface area contributed by atoms with Gasteiger partial charge in [-0.15, -0.1) is 0 Å². The van der Waals surface area contributed by atoms with Crippen molar-refractivity contribution in [1.82, 2.24) is 9.97 Å². The zero-order valence-electron chi connectivity index (χ0n) is 10.3. The van der Waals surface area contributed by atoms with Crippen molar-refractivity contribution >= 4 is 22.7 Å². The van der Waals surface area contributed by atoms with Crippen LogP contribution in [0.25, 0.3) is 10.9 Å². The Morgan fingerprint density at radius 2 is 2.21 bits per heavy atom. The number of aromatic nitrogens is 2. The third-order valence-corrected chi connectivity index (χ3v) is 2.65. The first kappa shape index (κ1) is 13.0. The smallest absolute Gasteiger partial charge is 0.325 e. The number of rotatable bonds is 4. The molecule has 0 aliphatic rings. The molecule has 6 nitrogen and oxygen atoms in total. The van der Waals surface area contributed by atoms with E-state index in [1.165, 1.54) is 26.4 Å². The van der Waals surface area contributed by atoms with Crippen molar-refractivity contribution in [2.75, 3.05) is 12.4 Å². The summed E-state index contributed by atoms with van der Waals surface area (Å²) in [5.74, 6) is -1.29. The SMILES string of the molecule is COc1ccc2c(N[C@@H](C)C(=O)O)ncnc2c1F. The summed E-state index contributed by atoms with van der Waals surface area (Å²) in [6, 6.07) is 2.18. The number of nitrogens with zero attached hydrogens (tertiary/aromatic N) is 2. The number of methoxy groups -OCH3 is 1. The Morgan fingerprint density at radius 3 is 2.84 bits per heavy atom. The Balaban J connectivity index is 2.52. The van der Waals surface area contributed by atoms with E-state index in [-0.39, 0.29) is 17.1 Å². The number of fused-ring (bicyclic) bond motifs is 1. The highest BCUT2D eigenvalue weighted by Gasteiger charge is 2.16. The number of nitrogens with one attached hydrogen (secondary N) is 1. The molecule has 0 fully saturated rings. The van der Waals surface area contributed by atoms with E-state index in [0.29, 0.717) is 5.39 Å². The first-order chi connectivity index (χ1) is 9.04. The van der Waals surface area contributed by atoms with Gasteiger partial charge in [0.05, 0.1) is 7.11 Å². The van der Waals surface area contributed by atoms with Crippen LogP contribution in [0.15, 0.2) is 18.5 Å². The molecule has 0 aliphatic heterocycles. The van der Waals surface area contributed by atoms with Crippen molar-refractivity contribution < 1.29 is 19.0 Å². The molecule has 1 heterocycles. The molecule has 7 heteroatoms. The Hall–Kier alpha value is -2.44. The molecule has 2 aromatic rings. The number of ether oxygens (including phenoxy) is 1. The average Bonchev–Trinajstić information content (AvgIpc) is 2.40. The van der Waals surface area contributed by atoms with E-state index >= 15 is 0 Å². The lowest BCUT2D eigenvalue weighted by Gasteiger charge is -2.12. The van der Waals surface area contributed by atoms with Gasteiger partial charge < -0.3 is 15.2 Å². The van der Waals surface area contributed by atoms with Gasteiger partial charge in [-0.05, 0) is 19.1 Å². The molecule has 0 amide bonds. The van der Waals surface area contributed by atoms with Crippen LogP contribution >= 0.6 is 0 Å². The molecule has 2 rings (SSSR count). The molecule has 0 unspecified atom stereocenters. The second-order valence-corrected chi connectivity index (χ2v) is 3.90. The van der Waals surface area contributed by atoms with Crippen LogP contribution in [0.4, 0.5) is 10.2 Å². The maximum Gasteiger partial charge on any atom is 0.325 e. The first-order valence-corrected chi connectivity index (χ1v) is 5.51. The van der Waals surface area contributed by atoms with Crippen molar-refractivity contribution in [3.8, 4) is 5.75 Å². The highest BCUT2D eigenvalue weighted by Crippen LogP contribution is 2.28. The van der Waals surface area contributed by atoms with Crippen molar-refractivity contribution in [3.05, 3.63) is 24.3 Å². The number of carboxylic acid groups (broad SMARTS) is 1. The van der Waals surface area contributed by atoms with Crippen LogP contribution in [0.5, 0.6) is 5.75 Å². The van der Waals surface area contributed by atoms with Crippen LogP contribution in [0, 0.1) is 5.82 Å². The topological polar surface area (TPSA) is 84.3 Å². The number of aliphatic carboxylic acids is 1. The number of hydrogen-bond donors (Lipinski definition) is 2. The third-order valence-electron chi connectivity index (χ3n) is 2.65. The molecular weight excluding hydrogens is 253 g/mol. The van der Waals surface area contributed by atoms with E-state index in [0.717, 1.165) is 0 Å². The number of hydrogen-bond acceptors (Lipinski definition) is 5. The van der Waals surface area contributed by atoms with Crippen molar-refractivity contribution in [3.63, 3.8) is 0 Å². The quantitative estimate of drug-likeness (QED) is 0.874. The Labute approximate surface area is 108 Å². The summed E-state index contributed by atoms with van der Waals surface area (Å²) in [6.07, 6.45) is 1.17. The Bertz CT molecular complexity index is 633. The molecule has 19 heavy (non-hydrogen) atoms. The first-order valence-electron chi connectivity index (χ1n) is 5.51. The number of carbonyl (C=O) groups is 1. The summed E-state index contributed by atoms with van der Waals surface area (Å²) in [7, 11) is 1.36. The second kappa shape index (κ2) is 5.05. The fourth-order valence-electron chi connectivity index (χ4n) is 1.62. The number of halogens is 1. The summed E-state index contributed by atoms with van der Waals surface area (Å²) in [6.45, 7) is 1.47. The Kier molecular flexibility index (Phi) is 3.46. The fraction of sp³-hybridized carbons (Fsp3) is 0.250. The molecule has 0 saturated heterocycles. The van der Waals surface area contributed by atoms with Gasteiger partial charge in [0, 0.05) is 5.39 Å². The monoisotopic (exact) mass is 265 g/mol. The van der Waals surface area contributed by atoms with E-state index in [1.54, 1.807) is 6.07 Å². The highest BCUT2D eigenvalue weighted by molar-refractivity contribution is 5.91. The third kappa shape index (κ3) is 2.40. The molecule has 1 atom stereocenters. The van der Waals surface area contributed by atoms with Gasteiger partial charge in [0.25, 0.3) is 0 Å². The number of carboxylic acids is 1. The fourth-order valence-corrected chi connectivity index (χ4v) is 1.62. The van der Waals surface area contributed by atoms with Crippen LogP contribution in [0.1, 0.15) is 6.92 Å². The van der Waals surface area contributed by atoms with Crippen molar-refractivity contribution in [1.29, 1.82) is 0 Å². The van der Waals surface area contributed by atoms with Crippen LogP contribution in [0.2, 0.25) is 0 Å². The molecule has 0 bridgehead atoms. The molecule has 1 aromatic heterocycles. The molecule has 2 N–H and O–H groups in total. The highest BCUT2D eigenvalue weighted by atomic mass is 19.1. The van der Waals surface area contributed by atoms with Crippen LogP contribution < -0.4 is 10.1 Å².